The van der Waals surface area contributed by atoms with Crippen molar-refractivity contribution in [1.29, 1.82) is 0 Å². The quantitative estimate of drug-likeness (QED) is 0.811. The molecule has 2 N–H and O–H groups in total. The van der Waals surface area contributed by atoms with Crippen LogP contribution in [0.4, 0.5) is 5.69 Å². The first-order valence-electron chi connectivity index (χ1n) is 6.52. The first kappa shape index (κ1) is 15.3. The van der Waals surface area contributed by atoms with Gasteiger partial charge in [0.05, 0.1) is 25.3 Å². The van der Waals surface area contributed by atoms with Gasteiger partial charge in [0, 0.05) is 11.3 Å². The molecule has 0 radical (unpaired) electrons. The van der Waals surface area contributed by atoms with Crippen molar-refractivity contribution < 1.29 is 14.6 Å². The fourth-order valence-corrected chi connectivity index (χ4v) is 2.28. The second-order valence-corrected chi connectivity index (χ2v) is 5.05. The molecular weight excluding hydrogens is 290 g/mol. The van der Waals surface area contributed by atoms with Gasteiger partial charge < -0.3 is 19.9 Å². The Morgan fingerprint density at radius 2 is 1.86 bits per heavy atom. The fourth-order valence-electron chi connectivity index (χ4n) is 2.10. The van der Waals surface area contributed by atoms with Gasteiger partial charge in [0.15, 0.2) is 0 Å². The van der Waals surface area contributed by atoms with Crippen LogP contribution in [0.5, 0.6) is 17.2 Å². The first-order chi connectivity index (χ1) is 10.0. The zero-order valence-electron chi connectivity index (χ0n) is 12.2. The number of anilines is 1. The van der Waals surface area contributed by atoms with E-state index >= 15 is 0 Å². The second kappa shape index (κ2) is 6.59. The van der Waals surface area contributed by atoms with E-state index in [4.69, 9.17) is 21.1 Å². The van der Waals surface area contributed by atoms with E-state index < -0.39 is 0 Å². The summed E-state index contributed by atoms with van der Waals surface area (Å²) in [5.74, 6) is 1.61. The number of ether oxygens (including phenoxy) is 2. The van der Waals surface area contributed by atoms with E-state index in [1.54, 1.807) is 32.4 Å². The van der Waals surface area contributed by atoms with Crippen LogP contribution in [0.15, 0.2) is 36.4 Å². The summed E-state index contributed by atoms with van der Waals surface area (Å²) in [4.78, 5) is 0. The molecule has 1 unspecified atom stereocenters. The van der Waals surface area contributed by atoms with Crippen LogP contribution in [0, 0.1) is 0 Å². The second-order valence-electron chi connectivity index (χ2n) is 4.64. The Bertz CT molecular complexity index is 631. The highest BCUT2D eigenvalue weighted by molar-refractivity contribution is 6.32. The zero-order chi connectivity index (χ0) is 15.4. The van der Waals surface area contributed by atoms with Crippen molar-refractivity contribution in [1.82, 2.24) is 0 Å². The van der Waals surface area contributed by atoms with E-state index in [1.165, 1.54) is 0 Å². The maximum Gasteiger partial charge on any atom is 0.134 e. The minimum atomic E-state index is -0.0179. The van der Waals surface area contributed by atoms with Gasteiger partial charge in [-0.1, -0.05) is 11.6 Å². The molecule has 0 saturated heterocycles. The third kappa shape index (κ3) is 3.52. The van der Waals surface area contributed by atoms with Crippen LogP contribution in [-0.2, 0) is 0 Å². The minimum absolute atomic E-state index is 0.0179. The lowest BCUT2D eigenvalue weighted by Crippen LogP contribution is -2.08. The molecule has 2 aromatic carbocycles. The number of aromatic hydroxyl groups is 1. The summed E-state index contributed by atoms with van der Waals surface area (Å²) in [6, 6.07) is 10.6. The van der Waals surface area contributed by atoms with Gasteiger partial charge >= 0.3 is 0 Å². The molecule has 21 heavy (non-hydrogen) atoms. The van der Waals surface area contributed by atoms with Gasteiger partial charge in [-0.05, 0) is 43.3 Å². The molecule has 2 rings (SSSR count). The molecule has 0 aliphatic rings. The van der Waals surface area contributed by atoms with Crippen molar-refractivity contribution in [2.75, 3.05) is 19.5 Å². The maximum absolute atomic E-state index is 9.45. The Morgan fingerprint density at radius 3 is 2.48 bits per heavy atom. The molecule has 0 bridgehead atoms. The van der Waals surface area contributed by atoms with Crippen LogP contribution in [0.1, 0.15) is 18.5 Å². The summed E-state index contributed by atoms with van der Waals surface area (Å²) in [6.45, 7) is 2.01. The molecule has 0 amide bonds. The summed E-state index contributed by atoms with van der Waals surface area (Å²) >= 11 is 5.91. The summed E-state index contributed by atoms with van der Waals surface area (Å²) < 4.78 is 10.6. The summed E-state index contributed by atoms with van der Waals surface area (Å²) in [5.41, 5.74) is 1.79. The van der Waals surface area contributed by atoms with Gasteiger partial charge in [0.25, 0.3) is 0 Å². The van der Waals surface area contributed by atoms with E-state index in [0.717, 1.165) is 22.7 Å². The number of hydrogen-bond donors (Lipinski definition) is 2. The molecule has 5 heteroatoms. The van der Waals surface area contributed by atoms with Crippen LogP contribution in [0.2, 0.25) is 5.02 Å². The van der Waals surface area contributed by atoms with Crippen LogP contribution in [0.25, 0.3) is 0 Å². The summed E-state index contributed by atoms with van der Waals surface area (Å²) in [7, 11) is 3.26. The van der Waals surface area contributed by atoms with E-state index in [0.29, 0.717) is 5.02 Å². The third-order valence-corrected chi connectivity index (χ3v) is 3.54. The van der Waals surface area contributed by atoms with Gasteiger partial charge in [-0.3, -0.25) is 0 Å². The van der Waals surface area contributed by atoms with Crippen molar-refractivity contribution in [3.63, 3.8) is 0 Å². The third-order valence-electron chi connectivity index (χ3n) is 3.23. The highest BCUT2D eigenvalue weighted by atomic mass is 35.5. The van der Waals surface area contributed by atoms with Gasteiger partial charge in [-0.2, -0.15) is 0 Å². The molecule has 4 nitrogen and oxygen atoms in total. The van der Waals surface area contributed by atoms with Crippen LogP contribution in [-0.4, -0.2) is 19.3 Å². The number of methoxy groups -OCH3 is 2. The molecule has 1 atom stereocenters. The van der Waals surface area contributed by atoms with Gasteiger partial charge in [0.2, 0.25) is 0 Å². The van der Waals surface area contributed by atoms with E-state index in [2.05, 4.69) is 5.32 Å². The lowest BCUT2D eigenvalue weighted by Gasteiger charge is -2.19. The molecule has 0 aliphatic carbocycles. The fraction of sp³-hybridized carbons (Fsp3) is 0.250. The Hall–Kier alpha value is -2.07. The average Bonchev–Trinajstić information content (AvgIpc) is 2.50. The Morgan fingerprint density at radius 1 is 1.10 bits per heavy atom. The van der Waals surface area contributed by atoms with Crippen molar-refractivity contribution in [3.8, 4) is 17.2 Å². The molecule has 0 heterocycles. The minimum Gasteiger partial charge on any atom is -0.506 e. The van der Waals surface area contributed by atoms with E-state index in [-0.39, 0.29) is 11.8 Å². The smallest absolute Gasteiger partial charge is 0.134 e. The molecule has 112 valence electrons. The standard InChI is InChI=1S/C16H18ClNO3/c1-10(18-11-4-6-15(19)14(17)8-11)13-9-12(20-2)5-7-16(13)21-3/h4-10,18-19H,1-3H3. The lowest BCUT2D eigenvalue weighted by molar-refractivity contribution is 0.397. The number of nitrogens with one attached hydrogen (secondary N) is 1. The number of phenolic OH excluding ortho intramolecular Hbond substituents is 1. The lowest BCUT2D eigenvalue weighted by atomic mass is 10.1. The normalized spacial score (nSPS) is 11.8. The van der Waals surface area contributed by atoms with Gasteiger partial charge in [-0.15, -0.1) is 0 Å². The highest BCUT2D eigenvalue weighted by Gasteiger charge is 2.13. The summed E-state index contributed by atoms with van der Waals surface area (Å²) in [5, 5.41) is 13.1. The predicted octanol–water partition coefficient (Wildman–Crippen LogP) is 4.24. The SMILES string of the molecule is COc1ccc(OC)c(C(C)Nc2ccc(O)c(Cl)c2)c1. The van der Waals surface area contributed by atoms with Crippen molar-refractivity contribution in [2.24, 2.45) is 0 Å². The maximum atomic E-state index is 9.45. The highest BCUT2D eigenvalue weighted by Crippen LogP contribution is 2.33. The van der Waals surface area contributed by atoms with Crippen LogP contribution >= 0.6 is 11.6 Å². The van der Waals surface area contributed by atoms with Crippen LogP contribution in [0.3, 0.4) is 0 Å². The zero-order valence-corrected chi connectivity index (χ0v) is 12.9. The average molecular weight is 308 g/mol. The van der Waals surface area contributed by atoms with Gasteiger partial charge in [-0.25, -0.2) is 0 Å². The number of phenols is 1. The van der Waals surface area contributed by atoms with Crippen molar-refractivity contribution in [2.45, 2.75) is 13.0 Å². The number of benzene rings is 2. The Balaban J connectivity index is 2.26. The molecule has 0 fully saturated rings. The predicted molar refractivity (Wildman–Crippen MR) is 84.7 cm³/mol. The van der Waals surface area contributed by atoms with Crippen LogP contribution < -0.4 is 14.8 Å². The molecule has 0 aliphatic heterocycles. The van der Waals surface area contributed by atoms with E-state index in [1.807, 2.05) is 25.1 Å². The number of rotatable bonds is 5. The molecule has 0 saturated carbocycles. The van der Waals surface area contributed by atoms with Crippen molar-refractivity contribution >= 4 is 17.3 Å². The van der Waals surface area contributed by atoms with Crippen molar-refractivity contribution in [3.05, 3.63) is 47.0 Å². The van der Waals surface area contributed by atoms with E-state index in [9.17, 15) is 5.11 Å². The first-order valence-corrected chi connectivity index (χ1v) is 6.90. The summed E-state index contributed by atoms with van der Waals surface area (Å²) in [6.07, 6.45) is 0. The topological polar surface area (TPSA) is 50.7 Å². The molecule has 0 spiro atoms. The number of halogens is 1. The molecule has 0 aromatic heterocycles. The molecule has 2 aromatic rings. The Labute approximate surface area is 129 Å². The monoisotopic (exact) mass is 307 g/mol. The number of hydrogen-bond acceptors (Lipinski definition) is 4. The van der Waals surface area contributed by atoms with Gasteiger partial charge in [0.1, 0.15) is 17.2 Å². The Kier molecular flexibility index (Phi) is 4.81. The molecular formula is C16H18ClNO3. The largest absolute Gasteiger partial charge is 0.506 e.